The Hall–Kier alpha value is -3.41. The molecule has 6 heteroatoms. The summed E-state index contributed by atoms with van der Waals surface area (Å²) in [4.78, 5) is 22.7. The van der Waals surface area contributed by atoms with Gasteiger partial charge in [0.15, 0.2) is 5.82 Å². The SMILES string of the molecule is CCCCCCCCCCCCCCCCCCC(=O)NCc1ccc(Cn2c(CCCC)nc3c(NC(C)C)nc4ccccc4c32)cc1. The van der Waals surface area contributed by atoms with Gasteiger partial charge in [-0.25, -0.2) is 9.97 Å². The Morgan fingerprint density at radius 3 is 1.84 bits per heavy atom. The van der Waals surface area contributed by atoms with Crippen LogP contribution in [0.25, 0.3) is 21.9 Å². The highest BCUT2D eigenvalue weighted by Crippen LogP contribution is 2.32. The fourth-order valence-electron chi connectivity index (χ4n) is 7.02. The highest BCUT2D eigenvalue weighted by Gasteiger charge is 2.19. The lowest BCUT2D eigenvalue weighted by Crippen LogP contribution is -2.22. The Kier molecular flexibility index (Phi) is 17.7. The van der Waals surface area contributed by atoms with Gasteiger partial charge in [0, 0.05) is 37.4 Å². The normalized spacial score (nSPS) is 11.6. The van der Waals surface area contributed by atoms with E-state index in [-0.39, 0.29) is 11.9 Å². The maximum absolute atomic E-state index is 12.6. The summed E-state index contributed by atoms with van der Waals surface area (Å²) in [6.07, 6.45) is 25.3. The van der Waals surface area contributed by atoms with Gasteiger partial charge in [0.25, 0.3) is 0 Å². The Morgan fingerprint density at radius 2 is 1.24 bits per heavy atom. The van der Waals surface area contributed by atoms with Crippen molar-refractivity contribution in [3.8, 4) is 0 Å². The van der Waals surface area contributed by atoms with Gasteiger partial charge in [0.05, 0.1) is 11.0 Å². The summed E-state index contributed by atoms with van der Waals surface area (Å²) in [5.74, 6) is 2.13. The molecule has 50 heavy (non-hydrogen) atoms. The molecule has 0 aliphatic heterocycles. The van der Waals surface area contributed by atoms with E-state index in [9.17, 15) is 4.79 Å². The van der Waals surface area contributed by atoms with Crippen LogP contribution in [0.5, 0.6) is 0 Å². The van der Waals surface area contributed by atoms with E-state index in [1.54, 1.807) is 0 Å². The molecule has 6 nitrogen and oxygen atoms in total. The van der Waals surface area contributed by atoms with Gasteiger partial charge < -0.3 is 15.2 Å². The lowest BCUT2D eigenvalue weighted by Gasteiger charge is -2.14. The van der Waals surface area contributed by atoms with E-state index in [1.807, 2.05) is 0 Å². The first-order chi connectivity index (χ1) is 24.5. The first kappa shape index (κ1) is 39.4. The number of fused-ring (bicyclic) bond motifs is 3. The zero-order chi connectivity index (χ0) is 35.4. The third kappa shape index (κ3) is 13.0. The van der Waals surface area contributed by atoms with E-state index in [0.29, 0.717) is 13.0 Å². The minimum absolute atomic E-state index is 0.163. The fourth-order valence-corrected chi connectivity index (χ4v) is 7.02. The number of aromatic nitrogens is 3. The number of rotatable bonds is 26. The van der Waals surface area contributed by atoms with Crippen molar-refractivity contribution in [3.05, 3.63) is 65.5 Å². The molecule has 2 N–H and O–H groups in total. The van der Waals surface area contributed by atoms with Crippen LogP contribution in [0.15, 0.2) is 48.5 Å². The predicted molar refractivity (Wildman–Crippen MR) is 214 cm³/mol. The number of carbonyl (C=O) groups excluding carboxylic acids is 1. The van der Waals surface area contributed by atoms with Gasteiger partial charge in [-0.1, -0.05) is 159 Å². The van der Waals surface area contributed by atoms with E-state index < -0.39 is 0 Å². The zero-order valence-corrected chi connectivity index (χ0v) is 32.0. The number of anilines is 1. The number of hydrogen-bond donors (Lipinski definition) is 2. The quantitative estimate of drug-likeness (QED) is 0.0647. The molecule has 1 amide bonds. The molecule has 2 heterocycles. The second-order valence-corrected chi connectivity index (χ2v) is 14.8. The van der Waals surface area contributed by atoms with E-state index in [2.05, 4.69) is 91.4 Å². The molecule has 0 saturated carbocycles. The molecule has 0 atom stereocenters. The van der Waals surface area contributed by atoms with Gasteiger partial charge in [0.2, 0.25) is 5.91 Å². The monoisotopic (exact) mass is 682 g/mol. The number of unbranched alkanes of at least 4 members (excludes halogenated alkanes) is 16. The first-order valence-electron chi connectivity index (χ1n) is 20.4. The molecule has 2 aromatic carbocycles. The average Bonchev–Trinajstić information content (AvgIpc) is 3.48. The van der Waals surface area contributed by atoms with Crippen LogP contribution in [0.4, 0.5) is 5.82 Å². The van der Waals surface area contributed by atoms with Crippen LogP contribution in [0, 0.1) is 0 Å². The number of nitrogens with one attached hydrogen (secondary N) is 2. The molecular formula is C44H67N5O. The standard InChI is InChI=1S/C44H67N5O/c1-5-7-9-10-11-12-13-14-15-16-17-18-19-20-21-22-28-41(50)45-33-36-29-31-37(32-30-36)34-49-40(27-8-6-2)48-42-43(49)38-25-23-24-26-39(38)47-44(42)46-35(3)4/h23-26,29-32,35H,5-22,27-28,33-34H2,1-4H3,(H,45,50)(H,46,47). The summed E-state index contributed by atoms with van der Waals surface area (Å²) < 4.78 is 2.40. The number of carbonyl (C=O) groups is 1. The first-order valence-corrected chi connectivity index (χ1v) is 20.4. The molecule has 0 radical (unpaired) electrons. The maximum atomic E-state index is 12.6. The number of nitrogens with zero attached hydrogens (tertiary/aromatic N) is 3. The lowest BCUT2D eigenvalue weighted by atomic mass is 10.0. The molecule has 0 bridgehead atoms. The van der Waals surface area contributed by atoms with Gasteiger partial charge in [-0.3, -0.25) is 4.79 Å². The average molecular weight is 682 g/mol. The third-order valence-electron chi connectivity index (χ3n) is 9.95. The second-order valence-electron chi connectivity index (χ2n) is 14.8. The Labute approximate surface area is 303 Å². The van der Waals surface area contributed by atoms with Crippen molar-refractivity contribution in [2.45, 2.75) is 175 Å². The van der Waals surface area contributed by atoms with E-state index in [4.69, 9.17) is 9.97 Å². The number of aryl methyl sites for hydroxylation is 1. The minimum atomic E-state index is 0.163. The van der Waals surface area contributed by atoms with Crippen molar-refractivity contribution in [2.75, 3.05) is 5.32 Å². The van der Waals surface area contributed by atoms with Crippen LogP contribution >= 0.6 is 0 Å². The Bertz CT molecular complexity index is 1540. The van der Waals surface area contributed by atoms with Crippen molar-refractivity contribution in [1.29, 1.82) is 0 Å². The topological polar surface area (TPSA) is 71.8 Å². The van der Waals surface area contributed by atoms with Crippen molar-refractivity contribution < 1.29 is 4.79 Å². The molecule has 0 aliphatic carbocycles. The van der Waals surface area contributed by atoms with Crippen molar-refractivity contribution in [2.24, 2.45) is 0 Å². The largest absolute Gasteiger partial charge is 0.366 e. The molecule has 2 aromatic heterocycles. The van der Waals surface area contributed by atoms with Crippen LogP contribution in [-0.4, -0.2) is 26.5 Å². The lowest BCUT2D eigenvalue weighted by molar-refractivity contribution is -0.121. The van der Waals surface area contributed by atoms with Crippen molar-refractivity contribution in [1.82, 2.24) is 19.9 Å². The Morgan fingerprint density at radius 1 is 0.680 bits per heavy atom. The van der Waals surface area contributed by atoms with E-state index in [0.717, 1.165) is 77.8 Å². The van der Waals surface area contributed by atoms with Crippen LogP contribution in [0.2, 0.25) is 0 Å². The van der Waals surface area contributed by atoms with Gasteiger partial charge in [-0.15, -0.1) is 0 Å². The number of imidazole rings is 1. The fraction of sp³-hybridized carbons (Fsp3) is 0.614. The van der Waals surface area contributed by atoms with Gasteiger partial charge >= 0.3 is 0 Å². The van der Waals surface area contributed by atoms with E-state index >= 15 is 0 Å². The third-order valence-corrected chi connectivity index (χ3v) is 9.95. The van der Waals surface area contributed by atoms with Gasteiger partial charge in [-0.05, 0) is 43.9 Å². The molecule has 4 rings (SSSR count). The van der Waals surface area contributed by atoms with Crippen LogP contribution in [0.1, 0.15) is 167 Å². The Balaban J connectivity index is 1.18. The summed E-state index contributed by atoms with van der Waals surface area (Å²) in [6.45, 7) is 10.1. The highest BCUT2D eigenvalue weighted by atomic mass is 16.1. The smallest absolute Gasteiger partial charge is 0.220 e. The van der Waals surface area contributed by atoms with Gasteiger partial charge in [0.1, 0.15) is 11.3 Å². The summed E-state index contributed by atoms with van der Waals surface area (Å²) in [7, 11) is 0. The number of benzene rings is 2. The number of para-hydroxylation sites is 1. The summed E-state index contributed by atoms with van der Waals surface area (Å²) in [6, 6.07) is 17.4. The molecular weight excluding hydrogens is 615 g/mol. The number of pyridine rings is 1. The summed E-state index contributed by atoms with van der Waals surface area (Å²) in [5.41, 5.74) is 5.44. The molecule has 0 unspecified atom stereocenters. The summed E-state index contributed by atoms with van der Waals surface area (Å²) in [5, 5.41) is 7.83. The zero-order valence-electron chi connectivity index (χ0n) is 32.0. The summed E-state index contributed by atoms with van der Waals surface area (Å²) >= 11 is 0. The molecule has 0 fully saturated rings. The molecule has 4 aromatic rings. The predicted octanol–water partition coefficient (Wildman–Crippen LogP) is 12.1. The minimum Gasteiger partial charge on any atom is -0.366 e. The van der Waals surface area contributed by atoms with Crippen molar-refractivity contribution >= 4 is 33.7 Å². The molecule has 0 aliphatic rings. The number of amides is 1. The second kappa shape index (κ2) is 22.4. The highest BCUT2D eigenvalue weighted by molar-refractivity contribution is 6.07. The van der Waals surface area contributed by atoms with Gasteiger partial charge in [-0.2, -0.15) is 0 Å². The van der Waals surface area contributed by atoms with Crippen LogP contribution in [-0.2, 0) is 24.3 Å². The molecule has 0 spiro atoms. The maximum Gasteiger partial charge on any atom is 0.220 e. The van der Waals surface area contributed by atoms with Crippen molar-refractivity contribution in [3.63, 3.8) is 0 Å². The molecule has 0 saturated heterocycles. The van der Waals surface area contributed by atoms with Crippen LogP contribution < -0.4 is 10.6 Å². The van der Waals surface area contributed by atoms with Crippen LogP contribution in [0.3, 0.4) is 0 Å². The van der Waals surface area contributed by atoms with E-state index in [1.165, 1.54) is 95.5 Å². The number of hydrogen-bond acceptors (Lipinski definition) is 4. The molecule has 274 valence electrons.